The maximum Gasteiger partial charge on any atom is 0.265 e. The van der Waals surface area contributed by atoms with E-state index in [1.165, 1.54) is 12.1 Å². The van der Waals surface area contributed by atoms with Crippen LogP contribution >= 0.6 is 0 Å². The van der Waals surface area contributed by atoms with Crippen LogP contribution < -0.4 is 10.1 Å². The van der Waals surface area contributed by atoms with Gasteiger partial charge >= 0.3 is 0 Å². The average Bonchev–Trinajstić information content (AvgIpc) is 3.22. The molecule has 4 rings (SSSR count). The van der Waals surface area contributed by atoms with Crippen LogP contribution in [0.1, 0.15) is 31.3 Å². The minimum atomic E-state index is -0.359. The van der Waals surface area contributed by atoms with E-state index in [0.717, 1.165) is 5.56 Å². The lowest BCUT2D eigenvalue weighted by Crippen LogP contribution is -2.31. The first kappa shape index (κ1) is 20.5. The summed E-state index contributed by atoms with van der Waals surface area (Å²) in [7, 11) is 0. The van der Waals surface area contributed by atoms with Crippen molar-refractivity contribution < 1.29 is 18.4 Å². The molecule has 0 spiro atoms. The Hall–Kier alpha value is -3.81. The Kier molecular flexibility index (Phi) is 5.88. The van der Waals surface area contributed by atoms with Gasteiger partial charge in [0.05, 0.1) is 6.04 Å². The third-order valence-corrected chi connectivity index (χ3v) is 4.80. The molecular weight excluding hydrogens is 399 g/mol. The Bertz CT molecular complexity index is 1190. The van der Waals surface area contributed by atoms with Crippen LogP contribution in [0, 0.1) is 5.82 Å². The minimum absolute atomic E-state index is 0.167. The molecule has 31 heavy (non-hydrogen) atoms. The number of carbonyl (C=O) groups excluding carboxylic acids is 1. The van der Waals surface area contributed by atoms with E-state index in [4.69, 9.17) is 9.26 Å². The maximum absolute atomic E-state index is 13.3. The molecule has 2 heterocycles. The number of fused-ring (bicyclic) bond motifs is 1. The SMILES string of the molecule is CCc1nc(OCC(=O)NC(C)c2ccccc2)c2c(-c3ccc(F)cc3)noc2n1. The zero-order chi connectivity index (χ0) is 21.8. The van der Waals surface area contributed by atoms with Gasteiger partial charge in [0.15, 0.2) is 6.61 Å². The van der Waals surface area contributed by atoms with E-state index in [1.807, 2.05) is 44.2 Å². The molecule has 4 aromatic rings. The van der Waals surface area contributed by atoms with E-state index >= 15 is 0 Å². The summed E-state index contributed by atoms with van der Waals surface area (Å²) >= 11 is 0. The third kappa shape index (κ3) is 4.53. The van der Waals surface area contributed by atoms with Gasteiger partial charge in [0.25, 0.3) is 11.6 Å². The number of hydrogen-bond donors (Lipinski definition) is 1. The van der Waals surface area contributed by atoms with Crippen molar-refractivity contribution in [3.05, 3.63) is 71.8 Å². The molecule has 2 aromatic heterocycles. The molecule has 0 saturated carbocycles. The Morgan fingerprint density at radius 3 is 2.58 bits per heavy atom. The summed E-state index contributed by atoms with van der Waals surface area (Å²) in [6.07, 6.45) is 0.552. The molecule has 158 valence electrons. The fourth-order valence-electron chi connectivity index (χ4n) is 3.18. The van der Waals surface area contributed by atoms with Gasteiger partial charge < -0.3 is 14.6 Å². The van der Waals surface area contributed by atoms with Crippen LogP contribution in [0.15, 0.2) is 59.1 Å². The molecule has 0 aliphatic heterocycles. The lowest BCUT2D eigenvalue weighted by molar-refractivity contribution is -0.123. The van der Waals surface area contributed by atoms with Crippen LogP contribution in [-0.2, 0) is 11.2 Å². The normalized spacial score (nSPS) is 12.0. The number of nitrogens with zero attached hydrogens (tertiary/aromatic N) is 3. The quantitative estimate of drug-likeness (QED) is 0.481. The molecular formula is C23H21FN4O3. The van der Waals surface area contributed by atoms with Gasteiger partial charge in [-0.25, -0.2) is 4.39 Å². The van der Waals surface area contributed by atoms with Crippen molar-refractivity contribution in [1.29, 1.82) is 0 Å². The molecule has 0 bridgehead atoms. The molecule has 0 aliphatic carbocycles. The van der Waals surface area contributed by atoms with Crippen molar-refractivity contribution in [2.45, 2.75) is 26.3 Å². The van der Waals surface area contributed by atoms with E-state index in [-0.39, 0.29) is 36.0 Å². The highest BCUT2D eigenvalue weighted by atomic mass is 19.1. The van der Waals surface area contributed by atoms with Gasteiger partial charge in [-0.15, -0.1) is 0 Å². The predicted molar refractivity (Wildman–Crippen MR) is 113 cm³/mol. The monoisotopic (exact) mass is 420 g/mol. The average molecular weight is 420 g/mol. The van der Waals surface area contributed by atoms with Crippen LogP contribution in [0.3, 0.4) is 0 Å². The van der Waals surface area contributed by atoms with Crippen LogP contribution in [0.25, 0.3) is 22.4 Å². The molecule has 2 aromatic carbocycles. The smallest absolute Gasteiger partial charge is 0.265 e. The van der Waals surface area contributed by atoms with Crippen molar-refractivity contribution in [2.24, 2.45) is 0 Å². The number of rotatable bonds is 7. The first-order chi connectivity index (χ1) is 15.0. The second-order valence-corrected chi connectivity index (χ2v) is 7.01. The predicted octanol–water partition coefficient (Wildman–Crippen LogP) is 4.24. The first-order valence-electron chi connectivity index (χ1n) is 9.94. The van der Waals surface area contributed by atoms with Crippen LogP contribution in [0.4, 0.5) is 4.39 Å². The van der Waals surface area contributed by atoms with Gasteiger partial charge in [-0.05, 0) is 36.8 Å². The lowest BCUT2D eigenvalue weighted by Gasteiger charge is -2.14. The van der Waals surface area contributed by atoms with Gasteiger partial charge in [0.2, 0.25) is 5.88 Å². The number of benzene rings is 2. The highest BCUT2D eigenvalue weighted by Gasteiger charge is 2.21. The zero-order valence-corrected chi connectivity index (χ0v) is 17.1. The number of hydrogen-bond acceptors (Lipinski definition) is 6. The second-order valence-electron chi connectivity index (χ2n) is 7.01. The summed E-state index contributed by atoms with van der Waals surface area (Å²) in [4.78, 5) is 21.2. The van der Waals surface area contributed by atoms with Gasteiger partial charge in [-0.2, -0.15) is 9.97 Å². The van der Waals surface area contributed by atoms with E-state index in [1.54, 1.807) is 12.1 Å². The van der Waals surface area contributed by atoms with Crippen molar-refractivity contribution in [1.82, 2.24) is 20.4 Å². The summed E-state index contributed by atoms with van der Waals surface area (Å²) in [5.41, 5.74) is 2.29. The molecule has 1 atom stereocenters. The van der Waals surface area contributed by atoms with E-state index in [0.29, 0.717) is 28.9 Å². The molecule has 1 unspecified atom stereocenters. The zero-order valence-electron chi connectivity index (χ0n) is 17.1. The molecule has 0 radical (unpaired) electrons. The number of aromatic nitrogens is 3. The van der Waals surface area contributed by atoms with Crippen LogP contribution in [-0.4, -0.2) is 27.6 Å². The van der Waals surface area contributed by atoms with Crippen molar-refractivity contribution in [2.75, 3.05) is 6.61 Å². The Morgan fingerprint density at radius 1 is 1.13 bits per heavy atom. The molecule has 8 heteroatoms. The Balaban J connectivity index is 1.58. The summed E-state index contributed by atoms with van der Waals surface area (Å²) in [6.45, 7) is 3.56. The molecule has 1 amide bonds. The number of aryl methyl sites for hydroxylation is 1. The molecule has 0 saturated heterocycles. The van der Waals surface area contributed by atoms with Crippen molar-refractivity contribution in [3.63, 3.8) is 0 Å². The number of halogens is 1. The standard InChI is InChI=1S/C23H21FN4O3/c1-3-18-26-22(30-13-19(29)25-14(2)15-7-5-4-6-8-15)20-21(28-31-23(20)27-18)16-9-11-17(24)12-10-16/h4-12,14H,3,13H2,1-2H3,(H,25,29). The Labute approximate surface area is 178 Å². The first-order valence-corrected chi connectivity index (χ1v) is 9.94. The van der Waals surface area contributed by atoms with Crippen LogP contribution in [0.2, 0.25) is 0 Å². The number of nitrogens with one attached hydrogen (secondary N) is 1. The molecule has 0 aliphatic rings. The summed E-state index contributed by atoms with van der Waals surface area (Å²) in [5, 5.41) is 7.41. The summed E-state index contributed by atoms with van der Waals surface area (Å²) in [5.74, 6) is 0.0509. The molecule has 7 nitrogen and oxygen atoms in total. The second kappa shape index (κ2) is 8.91. The van der Waals surface area contributed by atoms with Crippen LogP contribution in [0.5, 0.6) is 5.88 Å². The highest BCUT2D eigenvalue weighted by molar-refractivity contribution is 5.93. The van der Waals surface area contributed by atoms with E-state index in [2.05, 4.69) is 20.4 Å². The lowest BCUT2D eigenvalue weighted by atomic mass is 10.1. The number of amides is 1. The summed E-state index contributed by atoms with van der Waals surface area (Å²) in [6, 6.07) is 15.3. The third-order valence-electron chi connectivity index (χ3n) is 4.80. The fraction of sp³-hybridized carbons (Fsp3) is 0.217. The molecule has 0 fully saturated rings. The van der Waals surface area contributed by atoms with Gasteiger partial charge in [-0.1, -0.05) is 42.4 Å². The van der Waals surface area contributed by atoms with E-state index in [9.17, 15) is 9.18 Å². The largest absolute Gasteiger partial charge is 0.467 e. The summed E-state index contributed by atoms with van der Waals surface area (Å²) < 4.78 is 24.5. The topological polar surface area (TPSA) is 90.1 Å². The number of carbonyl (C=O) groups is 1. The van der Waals surface area contributed by atoms with Crippen molar-refractivity contribution in [3.8, 4) is 17.1 Å². The molecule has 1 N–H and O–H groups in total. The minimum Gasteiger partial charge on any atom is -0.467 e. The maximum atomic E-state index is 13.3. The highest BCUT2D eigenvalue weighted by Crippen LogP contribution is 2.33. The van der Waals surface area contributed by atoms with Gasteiger partial charge in [0.1, 0.15) is 22.7 Å². The van der Waals surface area contributed by atoms with Gasteiger partial charge in [-0.3, -0.25) is 4.79 Å². The van der Waals surface area contributed by atoms with E-state index < -0.39 is 0 Å². The Morgan fingerprint density at radius 2 is 1.87 bits per heavy atom. The number of ether oxygens (including phenoxy) is 1. The fourth-order valence-corrected chi connectivity index (χ4v) is 3.18. The van der Waals surface area contributed by atoms with Crippen molar-refractivity contribution >= 4 is 17.0 Å². The van der Waals surface area contributed by atoms with Gasteiger partial charge in [0, 0.05) is 12.0 Å².